The lowest BCUT2D eigenvalue weighted by atomic mass is 9.91. The first-order valence-corrected chi connectivity index (χ1v) is 4.03. The number of aromatic nitrogens is 2. The van der Waals surface area contributed by atoms with Crippen LogP contribution in [-0.4, -0.2) is 21.7 Å². The lowest BCUT2D eigenvalue weighted by Gasteiger charge is -2.20. The van der Waals surface area contributed by atoms with Crippen LogP contribution in [0.3, 0.4) is 0 Å². The summed E-state index contributed by atoms with van der Waals surface area (Å²) in [5, 5.41) is 9.40. The van der Waals surface area contributed by atoms with Crippen LogP contribution < -0.4 is 0 Å². The molecular formula is C8H11ClN2O. The minimum atomic E-state index is -0.425. The van der Waals surface area contributed by atoms with E-state index in [0.29, 0.717) is 10.8 Å². The van der Waals surface area contributed by atoms with Gasteiger partial charge in [-0.15, -0.1) is 0 Å². The van der Waals surface area contributed by atoms with Gasteiger partial charge in [-0.2, -0.15) is 0 Å². The molecule has 0 radical (unpaired) electrons. The second kappa shape index (κ2) is 3.37. The van der Waals surface area contributed by atoms with Crippen molar-refractivity contribution in [3.8, 4) is 0 Å². The zero-order valence-corrected chi connectivity index (χ0v) is 7.84. The Balaban J connectivity index is 3.10. The lowest BCUT2D eigenvalue weighted by molar-refractivity contribution is 0.215. The summed E-state index contributed by atoms with van der Waals surface area (Å²) < 4.78 is 0. The van der Waals surface area contributed by atoms with Crippen LogP contribution in [-0.2, 0) is 5.41 Å². The smallest absolute Gasteiger partial charge is 0.151 e. The number of hydrogen-bond donors (Lipinski definition) is 1. The van der Waals surface area contributed by atoms with Crippen LogP contribution in [0.1, 0.15) is 19.5 Å². The van der Waals surface area contributed by atoms with E-state index in [1.807, 2.05) is 13.8 Å². The molecule has 1 rings (SSSR count). The molecule has 0 aliphatic rings. The molecule has 4 heteroatoms. The highest BCUT2D eigenvalue weighted by atomic mass is 35.5. The Hall–Kier alpha value is -0.670. The Kier molecular flexibility index (Phi) is 2.65. The van der Waals surface area contributed by atoms with E-state index in [1.54, 1.807) is 6.20 Å². The standard InChI is InChI=1S/C8H11ClN2O/c1-8(2,5-12)6-7(9)11-4-3-10-6/h3-4,12H,5H2,1-2H3. The summed E-state index contributed by atoms with van der Waals surface area (Å²) in [7, 11) is 0. The van der Waals surface area contributed by atoms with Crippen LogP contribution >= 0.6 is 11.6 Å². The van der Waals surface area contributed by atoms with Gasteiger partial charge >= 0.3 is 0 Å². The maximum absolute atomic E-state index is 9.05. The maximum atomic E-state index is 9.05. The molecule has 12 heavy (non-hydrogen) atoms. The van der Waals surface area contributed by atoms with Crippen LogP contribution in [0, 0.1) is 0 Å². The zero-order valence-electron chi connectivity index (χ0n) is 7.08. The van der Waals surface area contributed by atoms with Crippen molar-refractivity contribution in [3.63, 3.8) is 0 Å². The molecule has 0 bridgehead atoms. The van der Waals surface area contributed by atoms with E-state index in [9.17, 15) is 0 Å². The fourth-order valence-corrected chi connectivity index (χ4v) is 1.21. The summed E-state index contributed by atoms with van der Waals surface area (Å²) >= 11 is 5.80. The molecule has 1 N–H and O–H groups in total. The van der Waals surface area contributed by atoms with Gasteiger partial charge in [0.1, 0.15) is 0 Å². The van der Waals surface area contributed by atoms with Gasteiger partial charge in [0.25, 0.3) is 0 Å². The second-order valence-corrected chi connectivity index (χ2v) is 3.60. The molecule has 66 valence electrons. The van der Waals surface area contributed by atoms with Crippen molar-refractivity contribution in [2.24, 2.45) is 0 Å². The van der Waals surface area contributed by atoms with E-state index < -0.39 is 5.41 Å². The first-order chi connectivity index (χ1) is 5.58. The van der Waals surface area contributed by atoms with Gasteiger partial charge in [-0.05, 0) is 0 Å². The van der Waals surface area contributed by atoms with E-state index in [-0.39, 0.29) is 6.61 Å². The van der Waals surface area contributed by atoms with Gasteiger partial charge < -0.3 is 5.11 Å². The fraction of sp³-hybridized carbons (Fsp3) is 0.500. The normalized spacial score (nSPS) is 11.7. The number of halogens is 1. The van der Waals surface area contributed by atoms with Crippen LogP contribution in [0.4, 0.5) is 0 Å². The van der Waals surface area contributed by atoms with Crippen molar-refractivity contribution in [1.82, 2.24) is 9.97 Å². The summed E-state index contributed by atoms with van der Waals surface area (Å²) in [5.74, 6) is 0. The van der Waals surface area contributed by atoms with Gasteiger partial charge in [0.2, 0.25) is 0 Å². The van der Waals surface area contributed by atoms with E-state index in [1.165, 1.54) is 6.20 Å². The molecule has 0 aliphatic carbocycles. The zero-order chi connectivity index (χ0) is 9.19. The van der Waals surface area contributed by atoms with Crippen molar-refractivity contribution in [2.75, 3.05) is 6.61 Å². The molecule has 0 saturated heterocycles. The van der Waals surface area contributed by atoms with Crippen LogP contribution in [0.25, 0.3) is 0 Å². The van der Waals surface area contributed by atoms with E-state index in [4.69, 9.17) is 16.7 Å². The van der Waals surface area contributed by atoms with Crippen molar-refractivity contribution < 1.29 is 5.11 Å². The molecule has 0 spiro atoms. The molecule has 0 fully saturated rings. The molecule has 1 aromatic heterocycles. The second-order valence-electron chi connectivity index (χ2n) is 3.24. The minimum absolute atomic E-state index is 0.00537. The van der Waals surface area contributed by atoms with Gasteiger partial charge in [0.15, 0.2) is 5.15 Å². The highest BCUT2D eigenvalue weighted by molar-refractivity contribution is 6.30. The summed E-state index contributed by atoms with van der Waals surface area (Å²) in [6, 6.07) is 0. The molecule has 0 saturated carbocycles. The third-order valence-corrected chi connectivity index (χ3v) is 1.97. The average molecular weight is 187 g/mol. The maximum Gasteiger partial charge on any atom is 0.151 e. The van der Waals surface area contributed by atoms with Gasteiger partial charge in [0, 0.05) is 17.8 Å². The Bertz CT molecular complexity index is 276. The third kappa shape index (κ3) is 1.73. The Morgan fingerprint density at radius 3 is 2.50 bits per heavy atom. The molecule has 0 aromatic carbocycles. The predicted molar refractivity (Wildman–Crippen MR) is 47.2 cm³/mol. The van der Waals surface area contributed by atoms with Crippen molar-refractivity contribution in [1.29, 1.82) is 0 Å². The summed E-state index contributed by atoms with van der Waals surface area (Å²) in [6.07, 6.45) is 3.10. The molecule has 1 aromatic rings. The molecule has 3 nitrogen and oxygen atoms in total. The largest absolute Gasteiger partial charge is 0.395 e. The summed E-state index contributed by atoms with van der Waals surface area (Å²) in [4.78, 5) is 7.95. The summed E-state index contributed by atoms with van der Waals surface area (Å²) in [6.45, 7) is 3.73. The molecule has 0 amide bonds. The Labute approximate surface area is 76.4 Å². The predicted octanol–water partition coefficient (Wildman–Crippen LogP) is 1.40. The SMILES string of the molecule is CC(C)(CO)c1nccnc1Cl. The minimum Gasteiger partial charge on any atom is -0.395 e. The van der Waals surface area contributed by atoms with Gasteiger partial charge in [-0.3, -0.25) is 4.98 Å². The van der Waals surface area contributed by atoms with Gasteiger partial charge in [-0.1, -0.05) is 25.4 Å². The topological polar surface area (TPSA) is 46.0 Å². The Morgan fingerprint density at radius 1 is 1.42 bits per heavy atom. The fourth-order valence-electron chi connectivity index (χ4n) is 0.850. The third-order valence-electron chi connectivity index (χ3n) is 1.69. The first-order valence-electron chi connectivity index (χ1n) is 3.66. The van der Waals surface area contributed by atoms with E-state index >= 15 is 0 Å². The van der Waals surface area contributed by atoms with E-state index in [0.717, 1.165) is 0 Å². The van der Waals surface area contributed by atoms with Crippen LogP contribution in [0.2, 0.25) is 5.15 Å². The highest BCUT2D eigenvalue weighted by Crippen LogP contribution is 2.24. The number of aliphatic hydroxyl groups is 1. The molecule has 0 atom stereocenters. The highest BCUT2D eigenvalue weighted by Gasteiger charge is 2.24. The molecular weight excluding hydrogens is 176 g/mol. The van der Waals surface area contributed by atoms with Gasteiger partial charge in [-0.25, -0.2) is 4.98 Å². The molecule has 1 heterocycles. The molecule has 0 unspecified atom stereocenters. The van der Waals surface area contributed by atoms with Gasteiger partial charge in [0.05, 0.1) is 12.3 Å². The van der Waals surface area contributed by atoms with E-state index in [2.05, 4.69) is 9.97 Å². The molecule has 0 aliphatic heterocycles. The Morgan fingerprint density at radius 2 is 2.00 bits per heavy atom. The number of rotatable bonds is 2. The quantitative estimate of drug-likeness (QED) is 0.760. The number of nitrogens with zero attached hydrogens (tertiary/aromatic N) is 2. The van der Waals surface area contributed by atoms with Crippen molar-refractivity contribution in [2.45, 2.75) is 19.3 Å². The lowest BCUT2D eigenvalue weighted by Crippen LogP contribution is -2.24. The van der Waals surface area contributed by atoms with Crippen molar-refractivity contribution >= 4 is 11.6 Å². The van der Waals surface area contributed by atoms with Crippen LogP contribution in [0.15, 0.2) is 12.4 Å². The number of hydrogen-bond acceptors (Lipinski definition) is 3. The monoisotopic (exact) mass is 186 g/mol. The van der Waals surface area contributed by atoms with Crippen LogP contribution in [0.5, 0.6) is 0 Å². The number of aliphatic hydroxyl groups excluding tert-OH is 1. The average Bonchev–Trinajstić information content (AvgIpc) is 2.05. The summed E-state index contributed by atoms with van der Waals surface area (Å²) in [5.41, 5.74) is 0.208. The van der Waals surface area contributed by atoms with Crippen molar-refractivity contribution in [3.05, 3.63) is 23.2 Å². The first kappa shape index (κ1) is 9.42.